The molecule has 0 aromatic heterocycles. The molecule has 0 aliphatic heterocycles. The van der Waals surface area contributed by atoms with E-state index in [1.807, 2.05) is 34.6 Å². The second-order valence-corrected chi connectivity index (χ2v) is 3.65. The molecular formula is C18H44O6. The Morgan fingerprint density at radius 3 is 1.08 bits per heavy atom. The van der Waals surface area contributed by atoms with Gasteiger partial charge < -0.3 is 29.9 Å². The number of hydrogen-bond donors (Lipinski definition) is 4. The van der Waals surface area contributed by atoms with Crippen molar-refractivity contribution < 1.29 is 29.9 Å². The monoisotopic (exact) mass is 356 g/mol. The molecule has 152 valence electrons. The van der Waals surface area contributed by atoms with Crippen LogP contribution in [0.2, 0.25) is 0 Å². The average Bonchev–Trinajstić information content (AvgIpc) is 2.58. The molecule has 0 aromatic rings. The van der Waals surface area contributed by atoms with Crippen molar-refractivity contribution in [2.45, 2.75) is 47.6 Å². The normalized spacial score (nSPS) is 8.46. The van der Waals surface area contributed by atoms with Crippen LogP contribution in [0.4, 0.5) is 0 Å². The zero-order valence-electron chi connectivity index (χ0n) is 17.0. The Bertz CT molecular complexity index is 136. The second-order valence-electron chi connectivity index (χ2n) is 3.65. The zero-order chi connectivity index (χ0) is 20.6. The summed E-state index contributed by atoms with van der Waals surface area (Å²) in [5, 5.41) is 31.3. The molecule has 0 fully saturated rings. The largest absolute Gasteiger partial charge is 0.394 e. The molecule has 0 spiro atoms. The van der Waals surface area contributed by atoms with Gasteiger partial charge >= 0.3 is 0 Å². The predicted octanol–water partition coefficient (Wildman–Crippen LogP) is 2.41. The van der Waals surface area contributed by atoms with Crippen molar-refractivity contribution in [2.24, 2.45) is 0 Å². The second kappa shape index (κ2) is 67.0. The van der Waals surface area contributed by atoms with Crippen LogP contribution in [-0.4, -0.2) is 73.3 Å². The Morgan fingerprint density at radius 1 is 0.875 bits per heavy atom. The number of hydrogen-bond acceptors (Lipinski definition) is 6. The summed E-state index contributed by atoms with van der Waals surface area (Å²) in [7, 11) is 1.68. The van der Waals surface area contributed by atoms with Crippen molar-refractivity contribution in [3.8, 4) is 0 Å². The summed E-state index contributed by atoms with van der Waals surface area (Å²) in [5.74, 6) is 0. The first kappa shape index (κ1) is 38.7. The molecule has 0 bridgehead atoms. The van der Waals surface area contributed by atoms with E-state index in [2.05, 4.69) is 17.9 Å². The standard InChI is InChI=1S/C4H10O.C3H8O2.C3H8O.2C3H6.C2H6O2/c1-3-5-4-2;1-3(5)2-4;1-3-4-2;2*1-3-2;3-1-2-4/h3-4H2,1-2H3;3-5H,2H2,1H3;3H2,1-2H3;2*3H,1H2,2H3;3-4H,1-2H2. The molecule has 24 heavy (non-hydrogen) atoms. The van der Waals surface area contributed by atoms with E-state index >= 15 is 0 Å². The third-order valence-corrected chi connectivity index (χ3v) is 1.06. The average molecular weight is 357 g/mol. The summed E-state index contributed by atoms with van der Waals surface area (Å²) in [5.41, 5.74) is 0. The Balaban J connectivity index is -0.0000000410. The van der Waals surface area contributed by atoms with Crippen molar-refractivity contribution in [1.29, 1.82) is 0 Å². The number of aliphatic hydroxyl groups excluding tert-OH is 4. The fourth-order valence-electron chi connectivity index (χ4n) is 0.204. The van der Waals surface area contributed by atoms with E-state index in [9.17, 15) is 0 Å². The number of rotatable bonds is 5. The summed E-state index contributed by atoms with van der Waals surface area (Å²) in [6.45, 7) is 20.1. The number of allylic oxidation sites excluding steroid dienone is 2. The molecule has 0 heterocycles. The highest BCUT2D eigenvalue weighted by molar-refractivity contribution is 4.52. The number of methoxy groups -OCH3 is 1. The third kappa shape index (κ3) is 317. The first-order valence-corrected chi connectivity index (χ1v) is 8.06. The lowest BCUT2D eigenvalue weighted by Gasteiger charge is -1.90. The van der Waals surface area contributed by atoms with E-state index < -0.39 is 6.10 Å². The molecule has 0 aliphatic carbocycles. The van der Waals surface area contributed by atoms with Crippen molar-refractivity contribution >= 4 is 0 Å². The van der Waals surface area contributed by atoms with Crippen LogP contribution in [-0.2, 0) is 9.47 Å². The molecule has 4 N–H and O–H groups in total. The van der Waals surface area contributed by atoms with Gasteiger partial charge in [0.15, 0.2) is 0 Å². The fourth-order valence-corrected chi connectivity index (χ4v) is 0.204. The predicted molar refractivity (Wildman–Crippen MR) is 104 cm³/mol. The van der Waals surface area contributed by atoms with Crippen LogP contribution >= 0.6 is 0 Å². The molecule has 0 aliphatic rings. The van der Waals surface area contributed by atoms with Crippen molar-refractivity contribution in [1.82, 2.24) is 0 Å². The van der Waals surface area contributed by atoms with Crippen molar-refractivity contribution in [3.05, 3.63) is 25.3 Å². The molecule has 1 atom stereocenters. The fraction of sp³-hybridized carbons (Fsp3) is 0.778. The minimum Gasteiger partial charge on any atom is -0.394 e. The zero-order valence-corrected chi connectivity index (χ0v) is 17.0. The first-order chi connectivity index (χ1) is 11.3. The van der Waals surface area contributed by atoms with Crippen molar-refractivity contribution in [2.75, 3.05) is 46.8 Å². The summed E-state index contributed by atoms with van der Waals surface area (Å²) in [6, 6.07) is 0. The molecule has 6 nitrogen and oxygen atoms in total. The summed E-state index contributed by atoms with van der Waals surface area (Å²) < 4.78 is 9.38. The van der Waals surface area contributed by atoms with Gasteiger partial charge in [0.05, 0.1) is 25.9 Å². The molecule has 0 saturated heterocycles. The van der Waals surface area contributed by atoms with Crippen LogP contribution in [0.1, 0.15) is 41.5 Å². The summed E-state index contributed by atoms with van der Waals surface area (Å²) >= 11 is 0. The molecule has 0 radical (unpaired) electrons. The minimum absolute atomic E-state index is 0.125. The van der Waals surface area contributed by atoms with Gasteiger partial charge in [-0.05, 0) is 41.5 Å². The highest BCUT2D eigenvalue weighted by atomic mass is 16.5. The lowest BCUT2D eigenvalue weighted by molar-refractivity contribution is 0.110. The van der Waals surface area contributed by atoms with Gasteiger partial charge in [0, 0.05) is 26.9 Å². The highest BCUT2D eigenvalue weighted by Gasteiger charge is 1.83. The van der Waals surface area contributed by atoms with Gasteiger partial charge in [-0.1, -0.05) is 12.2 Å². The molecule has 0 saturated carbocycles. The smallest absolute Gasteiger partial charge is 0.0742 e. The van der Waals surface area contributed by atoms with Crippen molar-refractivity contribution in [3.63, 3.8) is 0 Å². The molecular weight excluding hydrogens is 312 g/mol. The first-order valence-electron chi connectivity index (χ1n) is 8.06. The van der Waals surface area contributed by atoms with Crippen LogP contribution in [0.5, 0.6) is 0 Å². The molecule has 0 amide bonds. The van der Waals surface area contributed by atoms with Gasteiger partial charge in [-0.25, -0.2) is 0 Å². The molecule has 6 heteroatoms. The maximum absolute atomic E-state index is 8.11. The lowest BCUT2D eigenvalue weighted by Crippen LogP contribution is -2.03. The topological polar surface area (TPSA) is 99.4 Å². The maximum Gasteiger partial charge on any atom is 0.0742 e. The molecule has 0 aromatic carbocycles. The van der Waals surface area contributed by atoms with E-state index in [0.29, 0.717) is 0 Å². The van der Waals surface area contributed by atoms with Crippen LogP contribution in [0, 0.1) is 0 Å². The number of aliphatic hydroxyl groups is 4. The van der Waals surface area contributed by atoms with E-state index in [1.54, 1.807) is 19.3 Å². The Hall–Kier alpha value is -0.760. The van der Waals surface area contributed by atoms with Gasteiger partial charge in [-0.3, -0.25) is 0 Å². The molecule has 0 rings (SSSR count). The Morgan fingerprint density at radius 2 is 1.08 bits per heavy atom. The van der Waals surface area contributed by atoms with Gasteiger partial charge in [0.2, 0.25) is 0 Å². The van der Waals surface area contributed by atoms with E-state index in [0.717, 1.165) is 19.8 Å². The highest BCUT2D eigenvalue weighted by Crippen LogP contribution is 1.68. The van der Waals surface area contributed by atoms with E-state index in [1.165, 1.54) is 6.92 Å². The minimum atomic E-state index is -0.560. The van der Waals surface area contributed by atoms with Gasteiger partial charge in [-0.2, -0.15) is 0 Å². The van der Waals surface area contributed by atoms with Crippen LogP contribution in [0.3, 0.4) is 0 Å². The third-order valence-electron chi connectivity index (χ3n) is 1.06. The van der Waals surface area contributed by atoms with Gasteiger partial charge in [0.1, 0.15) is 0 Å². The summed E-state index contributed by atoms with van der Waals surface area (Å²) in [6.07, 6.45) is 2.94. The Kier molecular flexibility index (Phi) is 108. The van der Waals surface area contributed by atoms with E-state index in [-0.39, 0.29) is 19.8 Å². The van der Waals surface area contributed by atoms with Gasteiger partial charge in [-0.15, -0.1) is 13.2 Å². The van der Waals surface area contributed by atoms with Crippen LogP contribution in [0.25, 0.3) is 0 Å². The number of ether oxygens (including phenoxy) is 2. The molecule has 1 unspecified atom stereocenters. The Labute approximate surface area is 150 Å². The van der Waals surface area contributed by atoms with Gasteiger partial charge in [0.25, 0.3) is 0 Å². The lowest BCUT2D eigenvalue weighted by atomic mass is 10.5. The SMILES string of the molecule is C=CC.C=CC.CC(O)CO.CCOC.CCOCC.OCCO. The van der Waals surface area contributed by atoms with Crippen LogP contribution < -0.4 is 0 Å². The maximum atomic E-state index is 8.11. The van der Waals surface area contributed by atoms with Crippen LogP contribution in [0.15, 0.2) is 25.3 Å². The van der Waals surface area contributed by atoms with E-state index in [4.69, 9.17) is 25.2 Å². The quantitative estimate of drug-likeness (QED) is 0.565. The summed E-state index contributed by atoms with van der Waals surface area (Å²) in [4.78, 5) is 0.